The molecule has 1 aromatic rings. The fourth-order valence-corrected chi connectivity index (χ4v) is 2.31. The molecular weight excluding hydrogens is 295 g/mol. The summed E-state index contributed by atoms with van der Waals surface area (Å²) < 4.78 is 0. The van der Waals surface area contributed by atoms with Gasteiger partial charge in [-0.25, -0.2) is 0 Å². The normalized spacial score (nSPS) is 13.4. The number of hydrogen-bond donors (Lipinski definition) is 0. The molecule has 0 heterocycles. The van der Waals surface area contributed by atoms with Gasteiger partial charge in [0.25, 0.3) is 0 Å². The predicted octanol–water partition coefficient (Wildman–Crippen LogP) is 4.22. The number of rotatable bonds is 7. The summed E-state index contributed by atoms with van der Waals surface area (Å²) in [5.74, 6) is 0.0737. The third kappa shape index (κ3) is 4.82. The van der Waals surface area contributed by atoms with Crippen LogP contribution >= 0.6 is 23.2 Å². The number of halogens is 2. The van der Waals surface area contributed by atoms with Gasteiger partial charge in [-0.1, -0.05) is 40.5 Å². The van der Waals surface area contributed by atoms with Gasteiger partial charge in [0, 0.05) is 12.5 Å². The Morgan fingerprint density at radius 3 is 2.60 bits per heavy atom. The van der Waals surface area contributed by atoms with Crippen molar-refractivity contribution in [3.05, 3.63) is 46.5 Å². The van der Waals surface area contributed by atoms with Gasteiger partial charge in [0.2, 0.25) is 0 Å². The second-order valence-corrected chi connectivity index (χ2v) is 5.57. The van der Waals surface area contributed by atoms with Gasteiger partial charge in [-0.2, -0.15) is 0 Å². The van der Waals surface area contributed by atoms with Crippen LogP contribution in [0.5, 0.6) is 0 Å². The van der Waals surface area contributed by atoms with E-state index in [4.69, 9.17) is 28.0 Å². The van der Waals surface area contributed by atoms with Crippen LogP contribution in [0.15, 0.2) is 36.0 Å². The monoisotopic (exact) mass is 314 g/mol. The summed E-state index contributed by atoms with van der Waals surface area (Å²) in [5, 5.41) is 5.25. The number of oxime groups is 1. The molecule has 1 atom stereocenters. The molecule has 0 aliphatic rings. The first kappa shape index (κ1) is 17.0. The average molecular weight is 315 g/mol. The Kier molecular flexibility index (Phi) is 7.06. The molecule has 20 heavy (non-hydrogen) atoms. The van der Waals surface area contributed by atoms with Gasteiger partial charge in [0.05, 0.1) is 15.8 Å². The minimum absolute atomic E-state index is 0.0737. The lowest BCUT2D eigenvalue weighted by Gasteiger charge is -2.21. The number of hydrogen-bond acceptors (Lipinski definition) is 3. The first-order valence-corrected chi connectivity index (χ1v) is 7.05. The lowest BCUT2D eigenvalue weighted by molar-refractivity contribution is 0.210. The first-order valence-electron chi connectivity index (χ1n) is 6.30. The summed E-state index contributed by atoms with van der Waals surface area (Å²) in [6.45, 7) is 4.52. The SMILES string of the molecule is C=CC[C@@H](/C(CN(C)C)=N/OC)c1ccc(Cl)c(Cl)c1. The summed E-state index contributed by atoms with van der Waals surface area (Å²) in [4.78, 5) is 7.02. The molecule has 110 valence electrons. The Bertz CT molecular complexity index is 487. The Hall–Kier alpha value is -1.03. The maximum absolute atomic E-state index is 6.11. The Morgan fingerprint density at radius 1 is 1.40 bits per heavy atom. The van der Waals surface area contributed by atoms with E-state index in [1.54, 1.807) is 13.2 Å². The minimum Gasteiger partial charge on any atom is -0.399 e. The number of benzene rings is 1. The highest BCUT2D eigenvalue weighted by Gasteiger charge is 2.19. The third-order valence-electron chi connectivity index (χ3n) is 2.84. The lowest BCUT2D eigenvalue weighted by atomic mass is 9.90. The molecule has 0 unspecified atom stereocenters. The van der Waals surface area contributed by atoms with Crippen LogP contribution in [0.2, 0.25) is 10.0 Å². The molecule has 3 nitrogen and oxygen atoms in total. The van der Waals surface area contributed by atoms with E-state index in [9.17, 15) is 0 Å². The van der Waals surface area contributed by atoms with E-state index in [0.29, 0.717) is 16.6 Å². The lowest BCUT2D eigenvalue weighted by Crippen LogP contribution is -2.27. The molecule has 5 heteroatoms. The van der Waals surface area contributed by atoms with Crippen molar-refractivity contribution in [3.63, 3.8) is 0 Å². The van der Waals surface area contributed by atoms with Gasteiger partial charge < -0.3 is 9.74 Å². The Morgan fingerprint density at radius 2 is 2.10 bits per heavy atom. The molecule has 0 spiro atoms. The fraction of sp³-hybridized carbons (Fsp3) is 0.400. The molecule has 0 aliphatic heterocycles. The zero-order valence-electron chi connectivity index (χ0n) is 12.1. The average Bonchev–Trinajstić information content (AvgIpc) is 2.38. The van der Waals surface area contributed by atoms with Crippen molar-refractivity contribution < 1.29 is 4.84 Å². The van der Waals surface area contributed by atoms with E-state index < -0.39 is 0 Å². The summed E-state index contributed by atoms with van der Waals surface area (Å²) in [5.41, 5.74) is 1.98. The van der Waals surface area contributed by atoms with Gasteiger partial charge in [-0.05, 0) is 38.2 Å². The first-order chi connectivity index (χ1) is 9.49. The van der Waals surface area contributed by atoms with E-state index in [-0.39, 0.29) is 5.92 Å². The molecule has 0 radical (unpaired) electrons. The van der Waals surface area contributed by atoms with Gasteiger partial charge in [0.15, 0.2) is 0 Å². The second-order valence-electron chi connectivity index (χ2n) is 4.75. The molecule has 0 saturated heterocycles. The molecule has 0 aliphatic carbocycles. The fourth-order valence-electron chi connectivity index (χ4n) is 2.00. The predicted molar refractivity (Wildman–Crippen MR) is 87.0 cm³/mol. The van der Waals surface area contributed by atoms with E-state index in [0.717, 1.165) is 17.7 Å². The van der Waals surface area contributed by atoms with Crippen LogP contribution in [0.1, 0.15) is 17.9 Å². The smallest absolute Gasteiger partial charge is 0.106 e. The van der Waals surface area contributed by atoms with Crippen LogP contribution in [0.4, 0.5) is 0 Å². The van der Waals surface area contributed by atoms with Crippen molar-refractivity contribution >= 4 is 28.9 Å². The Labute approximate surface area is 130 Å². The van der Waals surface area contributed by atoms with Gasteiger partial charge in [0.1, 0.15) is 7.11 Å². The Balaban J connectivity index is 3.15. The van der Waals surface area contributed by atoms with Crippen molar-refractivity contribution in [1.82, 2.24) is 4.90 Å². The largest absolute Gasteiger partial charge is 0.399 e. The van der Waals surface area contributed by atoms with E-state index >= 15 is 0 Å². The summed E-state index contributed by atoms with van der Waals surface area (Å²) in [6, 6.07) is 5.64. The van der Waals surface area contributed by atoms with Crippen molar-refractivity contribution in [2.75, 3.05) is 27.7 Å². The second kappa shape index (κ2) is 8.30. The molecule has 0 aromatic heterocycles. The van der Waals surface area contributed by atoms with Gasteiger partial charge in [-0.3, -0.25) is 0 Å². The quantitative estimate of drug-likeness (QED) is 0.427. The van der Waals surface area contributed by atoms with Crippen molar-refractivity contribution in [2.24, 2.45) is 5.16 Å². The highest BCUT2D eigenvalue weighted by atomic mass is 35.5. The minimum atomic E-state index is 0.0737. The van der Waals surface area contributed by atoms with Crippen LogP contribution in [-0.4, -0.2) is 38.4 Å². The highest BCUT2D eigenvalue weighted by Crippen LogP contribution is 2.29. The van der Waals surface area contributed by atoms with Crippen molar-refractivity contribution in [2.45, 2.75) is 12.3 Å². The molecular formula is C15H20Cl2N2O. The van der Waals surface area contributed by atoms with E-state index in [2.05, 4.69) is 11.7 Å². The van der Waals surface area contributed by atoms with Crippen LogP contribution in [-0.2, 0) is 4.84 Å². The number of nitrogens with zero attached hydrogens (tertiary/aromatic N) is 2. The summed E-state index contributed by atoms with van der Waals surface area (Å²) in [7, 11) is 5.53. The molecule has 0 fully saturated rings. The van der Waals surface area contributed by atoms with Crippen molar-refractivity contribution in [3.8, 4) is 0 Å². The van der Waals surface area contributed by atoms with Gasteiger partial charge in [-0.15, -0.1) is 6.58 Å². The maximum Gasteiger partial charge on any atom is 0.106 e. The maximum atomic E-state index is 6.11. The van der Waals surface area contributed by atoms with Crippen LogP contribution < -0.4 is 0 Å². The zero-order valence-corrected chi connectivity index (χ0v) is 13.6. The molecule has 0 amide bonds. The van der Waals surface area contributed by atoms with Crippen molar-refractivity contribution in [1.29, 1.82) is 0 Å². The van der Waals surface area contributed by atoms with Gasteiger partial charge >= 0.3 is 0 Å². The molecule has 1 rings (SSSR count). The van der Waals surface area contributed by atoms with Crippen LogP contribution in [0.25, 0.3) is 0 Å². The van der Waals surface area contributed by atoms with Crippen LogP contribution in [0.3, 0.4) is 0 Å². The molecule has 1 aromatic carbocycles. The summed E-state index contributed by atoms with van der Waals surface area (Å²) >= 11 is 12.1. The third-order valence-corrected chi connectivity index (χ3v) is 3.58. The standard InChI is InChI=1S/C15H20Cl2N2O/c1-5-6-12(15(18-20-4)10-19(2)3)11-7-8-13(16)14(17)9-11/h5,7-9,12H,1,6,10H2,2-4H3/b18-15+/t12-/m1/s1. The van der Waals surface area contributed by atoms with Crippen LogP contribution in [0, 0.1) is 0 Å². The number of allylic oxidation sites excluding steroid dienone is 1. The highest BCUT2D eigenvalue weighted by molar-refractivity contribution is 6.42. The van der Waals surface area contributed by atoms with E-state index in [1.807, 2.05) is 37.2 Å². The molecule has 0 N–H and O–H groups in total. The molecule has 0 bridgehead atoms. The van der Waals surface area contributed by atoms with E-state index in [1.165, 1.54) is 0 Å². The summed E-state index contributed by atoms with van der Waals surface area (Å²) in [6.07, 6.45) is 2.63. The molecule has 0 saturated carbocycles. The zero-order chi connectivity index (χ0) is 15.1. The topological polar surface area (TPSA) is 24.8 Å².